The van der Waals surface area contributed by atoms with E-state index in [1.807, 2.05) is 30.1 Å². The van der Waals surface area contributed by atoms with Crippen LogP contribution >= 0.6 is 11.6 Å². The van der Waals surface area contributed by atoms with Gasteiger partial charge in [-0.2, -0.15) is 5.10 Å². The molecule has 1 fully saturated rings. The predicted molar refractivity (Wildman–Crippen MR) is 108 cm³/mol. The van der Waals surface area contributed by atoms with Gasteiger partial charge in [-0.05, 0) is 25.1 Å². The van der Waals surface area contributed by atoms with Crippen LogP contribution in [-0.2, 0) is 13.6 Å². The van der Waals surface area contributed by atoms with Crippen molar-refractivity contribution in [3.63, 3.8) is 0 Å². The number of nitrogens with one attached hydrogen (secondary N) is 1. The molecule has 5 rings (SSSR count). The normalized spacial score (nSPS) is 21.0. The van der Waals surface area contributed by atoms with Crippen LogP contribution < -0.4 is 5.32 Å². The number of hydrogen-bond donors (Lipinski definition) is 1. The molecule has 7 heteroatoms. The number of nitrogens with zero attached hydrogens (tertiary/aromatic N) is 5. The lowest BCUT2D eigenvalue weighted by Gasteiger charge is -2.52. The molecule has 3 aliphatic rings. The number of aryl methyl sites for hydroxylation is 1. The SMILES string of the molecule is Cc1c(CN2CCC3(CC2)Nc2cc(Cl)ccc2C2=NCCN23)cnn1C. The second kappa shape index (κ2) is 6.24. The quantitative estimate of drug-likeness (QED) is 0.865. The van der Waals surface area contributed by atoms with Gasteiger partial charge in [-0.3, -0.25) is 14.6 Å². The van der Waals surface area contributed by atoms with E-state index >= 15 is 0 Å². The number of hydrogen-bond acceptors (Lipinski definition) is 5. The van der Waals surface area contributed by atoms with Crippen molar-refractivity contribution >= 4 is 23.1 Å². The van der Waals surface area contributed by atoms with E-state index < -0.39 is 0 Å². The zero-order chi connectivity index (χ0) is 18.6. The summed E-state index contributed by atoms with van der Waals surface area (Å²) >= 11 is 6.27. The smallest absolute Gasteiger partial charge is 0.134 e. The van der Waals surface area contributed by atoms with E-state index in [4.69, 9.17) is 16.6 Å². The number of aliphatic imine (C=N–C) groups is 1. The van der Waals surface area contributed by atoms with Crippen molar-refractivity contribution in [1.82, 2.24) is 19.6 Å². The van der Waals surface area contributed by atoms with E-state index in [2.05, 4.69) is 33.2 Å². The van der Waals surface area contributed by atoms with Gasteiger partial charge < -0.3 is 10.2 Å². The molecule has 6 nitrogen and oxygen atoms in total. The molecule has 27 heavy (non-hydrogen) atoms. The lowest BCUT2D eigenvalue weighted by Crippen LogP contribution is -2.63. The van der Waals surface area contributed by atoms with E-state index in [-0.39, 0.29) is 5.66 Å². The van der Waals surface area contributed by atoms with Gasteiger partial charge in [0, 0.05) is 73.6 Å². The van der Waals surface area contributed by atoms with E-state index in [0.29, 0.717) is 0 Å². The summed E-state index contributed by atoms with van der Waals surface area (Å²) in [6, 6.07) is 6.09. The van der Waals surface area contributed by atoms with Gasteiger partial charge in [0.2, 0.25) is 0 Å². The van der Waals surface area contributed by atoms with Crippen molar-refractivity contribution < 1.29 is 0 Å². The van der Waals surface area contributed by atoms with Gasteiger partial charge in [-0.25, -0.2) is 0 Å². The van der Waals surface area contributed by atoms with Crippen molar-refractivity contribution in [3.05, 3.63) is 46.2 Å². The van der Waals surface area contributed by atoms with E-state index in [1.165, 1.54) is 16.8 Å². The molecule has 1 saturated heterocycles. The first kappa shape index (κ1) is 17.1. The summed E-state index contributed by atoms with van der Waals surface area (Å²) in [6.07, 6.45) is 4.14. The van der Waals surface area contributed by atoms with Gasteiger partial charge in [0.25, 0.3) is 0 Å². The molecule has 0 saturated carbocycles. The third-order valence-electron chi connectivity index (χ3n) is 6.36. The molecule has 0 bridgehead atoms. The molecule has 0 atom stereocenters. The third kappa shape index (κ3) is 2.74. The van der Waals surface area contributed by atoms with Crippen molar-refractivity contribution in [2.75, 3.05) is 31.5 Å². The topological polar surface area (TPSA) is 48.7 Å². The van der Waals surface area contributed by atoms with Crippen LogP contribution in [0.3, 0.4) is 0 Å². The minimum Gasteiger partial charge on any atom is -0.362 e. The van der Waals surface area contributed by atoms with Gasteiger partial charge in [-0.1, -0.05) is 11.6 Å². The Bertz CT molecular complexity index is 909. The van der Waals surface area contributed by atoms with Crippen LogP contribution in [0.25, 0.3) is 0 Å². The average Bonchev–Trinajstić information content (AvgIpc) is 3.27. The van der Waals surface area contributed by atoms with E-state index in [1.54, 1.807) is 0 Å². The van der Waals surface area contributed by atoms with E-state index in [0.717, 1.165) is 62.1 Å². The molecule has 2 aromatic rings. The molecule has 0 radical (unpaired) electrons. The van der Waals surface area contributed by atoms with E-state index in [9.17, 15) is 0 Å². The van der Waals surface area contributed by atoms with Crippen LogP contribution in [-0.4, -0.2) is 57.3 Å². The molecular formula is C20H25ClN6. The molecule has 1 aromatic carbocycles. The molecule has 142 valence electrons. The fourth-order valence-electron chi connectivity index (χ4n) is 4.64. The summed E-state index contributed by atoms with van der Waals surface area (Å²) < 4.78 is 1.96. The second-order valence-corrected chi connectivity index (χ2v) is 8.29. The maximum absolute atomic E-state index is 6.27. The number of amidine groups is 1. The Morgan fingerprint density at radius 2 is 2.04 bits per heavy atom. The Kier molecular flexibility index (Phi) is 3.95. The number of halogens is 1. The summed E-state index contributed by atoms with van der Waals surface area (Å²) in [6.45, 7) is 7.09. The fraction of sp³-hybridized carbons (Fsp3) is 0.500. The monoisotopic (exact) mass is 384 g/mol. The van der Waals surface area contributed by atoms with Crippen LogP contribution in [0.15, 0.2) is 29.4 Å². The van der Waals surface area contributed by atoms with Crippen LogP contribution in [0, 0.1) is 6.92 Å². The summed E-state index contributed by atoms with van der Waals surface area (Å²) in [5.41, 5.74) is 4.83. The number of fused-ring (bicyclic) bond motifs is 4. The van der Waals surface area contributed by atoms with Crippen molar-refractivity contribution in [3.8, 4) is 0 Å². The van der Waals surface area contributed by atoms with Gasteiger partial charge in [0.05, 0.1) is 12.7 Å². The first-order chi connectivity index (χ1) is 13.1. The maximum Gasteiger partial charge on any atom is 0.134 e. The Balaban J connectivity index is 1.37. The number of benzene rings is 1. The maximum atomic E-state index is 6.27. The largest absolute Gasteiger partial charge is 0.362 e. The first-order valence-corrected chi connectivity index (χ1v) is 10.0. The molecule has 4 heterocycles. The minimum absolute atomic E-state index is 0.0481. The molecule has 3 aliphatic heterocycles. The summed E-state index contributed by atoms with van der Waals surface area (Å²) in [7, 11) is 2.01. The van der Waals surface area contributed by atoms with Crippen LogP contribution in [0.4, 0.5) is 5.69 Å². The fourth-order valence-corrected chi connectivity index (χ4v) is 4.82. The Hall–Kier alpha value is -2.05. The lowest BCUT2D eigenvalue weighted by atomic mass is 9.90. The van der Waals surface area contributed by atoms with Crippen LogP contribution in [0.2, 0.25) is 5.02 Å². The summed E-state index contributed by atoms with van der Waals surface area (Å²) in [5.74, 6) is 1.14. The zero-order valence-corrected chi connectivity index (χ0v) is 16.6. The predicted octanol–water partition coefficient (Wildman–Crippen LogP) is 2.86. The highest BCUT2D eigenvalue weighted by Gasteiger charge is 2.46. The summed E-state index contributed by atoms with van der Waals surface area (Å²) in [5, 5.41) is 9.00. The Morgan fingerprint density at radius 3 is 2.78 bits per heavy atom. The molecule has 1 aromatic heterocycles. The van der Waals surface area contributed by atoms with Crippen LogP contribution in [0.1, 0.15) is 29.7 Å². The molecule has 1 N–H and O–H groups in total. The molecule has 0 amide bonds. The zero-order valence-electron chi connectivity index (χ0n) is 15.9. The number of likely N-dealkylation sites (tertiary alicyclic amines) is 1. The standard InChI is InChI=1S/C20H25ClN6/c1-14-15(12-23-25(14)2)13-26-8-5-20(6-9-26)24-18-11-16(21)3-4-17(18)19-22-7-10-27(19)20/h3-4,11-12,24H,5-10,13H2,1-2H3. The Labute approximate surface area is 164 Å². The average molecular weight is 385 g/mol. The molecular weight excluding hydrogens is 360 g/mol. The van der Waals surface area contributed by atoms with Gasteiger partial charge in [0.1, 0.15) is 11.5 Å². The molecule has 1 spiro atoms. The highest BCUT2D eigenvalue weighted by Crippen LogP contribution is 2.40. The lowest BCUT2D eigenvalue weighted by molar-refractivity contribution is 0.0894. The highest BCUT2D eigenvalue weighted by molar-refractivity contribution is 6.31. The number of anilines is 1. The van der Waals surface area contributed by atoms with Crippen molar-refractivity contribution in [2.45, 2.75) is 32.0 Å². The number of aromatic nitrogens is 2. The van der Waals surface area contributed by atoms with Crippen molar-refractivity contribution in [1.29, 1.82) is 0 Å². The van der Waals surface area contributed by atoms with Gasteiger partial charge in [-0.15, -0.1) is 0 Å². The second-order valence-electron chi connectivity index (χ2n) is 7.86. The van der Waals surface area contributed by atoms with Crippen molar-refractivity contribution in [2.24, 2.45) is 12.0 Å². The number of piperidine rings is 1. The van der Waals surface area contributed by atoms with Gasteiger partial charge >= 0.3 is 0 Å². The molecule has 0 aliphatic carbocycles. The third-order valence-corrected chi connectivity index (χ3v) is 6.60. The van der Waals surface area contributed by atoms with Crippen LogP contribution in [0.5, 0.6) is 0 Å². The molecule has 0 unspecified atom stereocenters. The Morgan fingerprint density at radius 1 is 1.22 bits per heavy atom. The minimum atomic E-state index is -0.0481. The highest BCUT2D eigenvalue weighted by atomic mass is 35.5. The summed E-state index contributed by atoms with van der Waals surface area (Å²) in [4.78, 5) is 9.85. The number of rotatable bonds is 2. The first-order valence-electron chi connectivity index (χ1n) is 9.66. The van der Waals surface area contributed by atoms with Gasteiger partial charge in [0.15, 0.2) is 0 Å².